The molecule has 0 fully saturated rings. The van der Waals surface area contributed by atoms with Crippen molar-refractivity contribution in [2.45, 2.75) is 13.5 Å². The Balaban J connectivity index is 2.19. The van der Waals surface area contributed by atoms with Gasteiger partial charge < -0.3 is 4.90 Å². The Labute approximate surface area is 103 Å². The van der Waals surface area contributed by atoms with Crippen molar-refractivity contribution in [1.29, 1.82) is 0 Å². The van der Waals surface area contributed by atoms with Crippen LogP contribution in [-0.2, 0) is 6.54 Å². The lowest BCUT2D eigenvalue weighted by atomic mass is 10.1. The smallest absolute Gasteiger partial charge is 0.0925 e. The van der Waals surface area contributed by atoms with E-state index in [1.165, 1.54) is 11.3 Å². The second kappa shape index (κ2) is 5.15. The van der Waals surface area contributed by atoms with Gasteiger partial charge in [0.25, 0.3) is 0 Å². The zero-order valence-corrected chi connectivity index (χ0v) is 10.7. The number of aromatic nitrogens is 2. The number of nitrogens with zero attached hydrogens (tertiary/aromatic N) is 3. The summed E-state index contributed by atoms with van der Waals surface area (Å²) in [7, 11) is 4.16. The Hall–Kier alpha value is -1.61. The van der Waals surface area contributed by atoms with Crippen molar-refractivity contribution in [3.8, 4) is 11.3 Å². The van der Waals surface area contributed by atoms with Gasteiger partial charge in [-0.3, -0.25) is 4.68 Å². The lowest BCUT2D eigenvalue weighted by Gasteiger charge is -2.10. The Morgan fingerprint density at radius 2 is 1.88 bits per heavy atom. The van der Waals surface area contributed by atoms with E-state index in [0.29, 0.717) is 0 Å². The molecule has 17 heavy (non-hydrogen) atoms. The Morgan fingerprint density at radius 1 is 1.18 bits per heavy atom. The number of benzene rings is 1. The van der Waals surface area contributed by atoms with Crippen molar-refractivity contribution in [3.63, 3.8) is 0 Å². The Morgan fingerprint density at radius 3 is 2.53 bits per heavy atom. The average molecular weight is 229 g/mol. The standard InChI is InChI=1S/C14H19N3/c1-12-11-14(13-7-5-4-6-8-13)15-17(12)10-9-16(2)3/h4-8,11H,9-10H2,1-3H3. The van der Waals surface area contributed by atoms with E-state index in [1.807, 2.05) is 18.2 Å². The van der Waals surface area contributed by atoms with Crippen molar-refractivity contribution in [2.75, 3.05) is 20.6 Å². The molecular weight excluding hydrogens is 210 g/mol. The summed E-state index contributed by atoms with van der Waals surface area (Å²) in [5.74, 6) is 0. The third-order valence-corrected chi connectivity index (χ3v) is 2.81. The summed E-state index contributed by atoms with van der Waals surface area (Å²) >= 11 is 0. The van der Waals surface area contributed by atoms with Gasteiger partial charge >= 0.3 is 0 Å². The summed E-state index contributed by atoms with van der Waals surface area (Å²) < 4.78 is 2.07. The first-order valence-corrected chi connectivity index (χ1v) is 5.91. The molecule has 1 aromatic heterocycles. The van der Waals surface area contributed by atoms with E-state index in [1.54, 1.807) is 0 Å². The van der Waals surface area contributed by atoms with Crippen LogP contribution in [0.15, 0.2) is 36.4 Å². The van der Waals surface area contributed by atoms with Gasteiger partial charge in [0.1, 0.15) is 0 Å². The van der Waals surface area contributed by atoms with Gasteiger partial charge in [-0.15, -0.1) is 0 Å². The number of aryl methyl sites for hydroxylation is 1. The molecule has 1 heterocycles. The molecule has 1 aromatic carbocycles. The van der Waals surface area contributed by atoms with Gasteiger partial charge in [-0.1, -0.05) is 30.3 Å². The molecule has 3 heteroatoms. The molecule has 0 atom stereocenters. The summed E-state index contributed by atoms with van der Waals surface area (Å²) in [6, 6.07) is 12.5. The van der Waals surface area contributed by atoms with Crippen LogP contribution in [0.4, 0.5) is 0 Å². The van der Waals surface area contributed by atoms with Crippen LogP contribution in [0.5, 0.6) is 0 Å². The van der Waals surface area contributed by atoms with Crippen molar-refractivity contribution in [1.82, 2.24) is 14.7 Å². The molecule has 0 spiro atoms. The van der Waals surface area contributed by atoms with Gasteiger partial charge in [-0.05, 0) is 27.1 Å². The van der Waals surface area contributed by atoms with E-state index in [-0.39, 0.29) is 0 Å². The van der Waals surface area contributed by atoms with Crippen molar-refractivity contribution < 1.29 is 0 Å². The van der Waals surface area contributed by atoms with Crippen molar-refractivity contribution in [2.24, 2.45) is 0 Å². The highest BCUT2D eigenvalue weighted by atomic mass is 15.3. The molecule has 3 nitrogen and oxygen atoms in total. The maximum Gasteiger partial charge on any atom is 0.0925 e. The second-order valence-corrected chi connectivity index (χ2v) is 4.56. The SMILES string of the molecule is Cc1cc(-c2ccccc2)nn1CCN(C)C. The highest BCUT2D eigenvalue weighted by Gasteiger charge is 2.05. The number of likely N-dealkylation sites (N-methyl/N-ethyl adjacent to an activating group) is 1. The molecule has 0 aliphatic carbocycles. The van der Waals surface area contributed by atoms with Crippen LogP contribution in [-0.4, -0.2) is 35.3 Å². The summed E-state index contributed by atoms with van der Waals surface area (Å²) in [4.78, 5) is 2.17. The van der Waals surface area contributed by atoms with E-state index in [0.717, 1.165) is 18.8 Å². The number of rotatable bonds is 4. The van der Waals surface area contributed by atoms with Gasteiger partial charge in [0.15, 0.2) is 0 Å². The summed E-state index contributed by atoms with van der Waals surface area (Å²) in [6.07, 6.45) is 0. The first kappa shape index (κ1) is 11.9. The monoisotopic (exact) mass is 229 g/mol. The highest BCUT2D eigenvalue weighted by molar-refractivity contribution is 5.58. The number of hydrogen-bond acceptors (Lipinski definition) is 2. The fourth-order valence-electron chi connectivity index (χ4n) is 1.78. The van der Waals surface area contributed by atoms with E-state index in [9.17, 15) is 0 Å². The summed E-state index contributed by atoms with van der Waals surface area (Å²) in [5, 5.41) is 4.64. The van der Waals surface area contributed by atoms with Crippen LogP contribution >= 0.6 is 0 Å². The molecule has 2 rings (SSSR count). The van der Waals surface area contributed by atoms with Gasteiger partial charge in [0, 0.05) is 17.8 Å². The lowest BCUT2D eigenvalue weighted by Crippen LogP contribution is -2.19. The van der Waals surface area contributed by atoms with E-state index < -0.39 is 0 Å². The van der Waals surface area contributed by atoms with Crippen LogP contribution in [0, 0.1) is 6.92 Å². The van der Waals surface area contributed by atoms with Crippen LogP contribution in [0.3, 0.4) is 0 Å². The molecule has 0 saturated heterocycles. The van der Waals surface area contributed by atoms with Gasteiger partial charge in [0.2, 0.25) is 0 Å². The minimum absolute atomic E-state index is 0.936. The molecular formula is C14H19N3. The lowest BCUT2D eigenvalue weighted by molar-refractivity contribution is 0.371. The zero-order chi connectivity index (χ0) is 12.3. The largest absolute Gasteiger partial charge is 0.308 e. The summed E-state index contributed by atoms with van der Waals surface area (Å²) in [5.41, 5.74) is 3.45. The predicted octanol–water partition coefficient (Wildman–Crippen LogP) is 2.42. The minimum Gasteiger partial charge on any atom is -0.308 e. The van der Waals surface area contributed by atoms with Crippen LogP contribution in [0.25, 0.3) is 11.3 Å². The van der Waals surface area contributed by atoms with Crippen LogP contribution in [0.2, 0.25) is 0 Å². The zero-order valence-electron chi connectivity index (χ0n) is 10.7. The minimum atomic E-state index is 0.936. The molecule has 0 aliphatic heterocycles. The molecule has 0 bridgehead atoms. The average Bonchev–Trinajstić information content (AvgIpc) is 2.69. The molecule has 0 N–H and O–H groups in total. The van der Waals surface area contributed by atoms with E-state index in [2.05, 4.69) is 53.9 Å². The third kappa shape index (κ3) is 2.94. The van der Waals surface area contributed by atoms with Gasteiger partial charge in [-0.25, -0.2) is 0 Å². The van der Waals surface area contributed by atoms with Crippen LogP contribution < -0.4 is 0 Å². The van der Waals surface area contributed by atoms with Gasteiger partial charge in [0.05, 0.1) is 12.2 Å². The molecule has 0 saturated carbocycles. The fraction of sp³-hybridized carbons (Fsp3) is 0.357. The molecule has 0 amide bonds. The van der Waals surface area contributed by atoms with E-state index in [4.69, 9.17) is 0 Å². The highest BCUT2D eigenvalue weighted by Crippen LogP contribution is 2.18. The first-order chi connectivity index (χ1) is 8.16. The second-order valence-electron chi connectivity index (χ2n) is 4.56. The Kier molecular flexibility index (Phi) is 3.59. The molecule has 90 valence electrons. The Bertz CT molecular complexity index is 471. The first-order valence-electron chi connectivity index (χ1n) is 5.91. The van der Waals surface area contributed by atoms with Crippen molar-refractivity contribution in [3.05, 3.63) is 42.1 Å². The maximum atomic E-state index is 4.64. The summed E-state index contributed by atoms with van der Waals surface area (Å²) in [6.45, 7) is 4.05. The molecule has 0 unspecified atom stereocenters. The van der Waals surface area contributed by atoms with E-state index >= 15 is 0 Å². The molecule has 0 radical (unpaired) electrons. The topological polar surface area (TPSA) is 21.1 Å². The molecule has 2 aromatic rings. The molecule has 0 aliphatic rings. The van der Waals surface area contributed by atoms with Crippen molar-refractivity contribution >= 4 is 0 Å². The third-order valence-electron chi connectivity index (χ3n) is 2.81. The fourth-order valence-corrected chi connectivity index (χ4v) is 1.78. The van der Waals surface area contributed by atoms with Crippen LogP contribution in [0.1, 0.15) is 5.69 Å². The predicted molar refractivity (Wildman–Crippen MR) is 71.0 cm³/mol. The quantitative estimate of drug-likeness (QED) is 0.803. The number of hydrogen-bond donors (Lipinski definition) is 0. The normalized spacial score (nSPS) is 11.1. The van der Waals surface area contributed by atoms with Gasteiger partial charge in [-0.2, -0.15) is 5.10 Å². The maximum absolute atomic E-state index is 4.64.